The highest BCUT2D eigenvalue weighted by atomic mass is 16.5. The Hall–Kier alpha value is -2.04. The van der Waals surface area contributed by atoms with Crippen LogP contribution in [0, 0.1) is 5.41 Å². The van der Waals surface area contributed by atoms with E-state index in [4.69, 9.17) is 5.11 Å². The summed E-state index contributed by atoms with van der Waals surface area (Å²) in [4.78, 5) is 22.1. The van der Waals surface area contributed by atoms with Crippen LogP contribution in [0.25, 0.3) is 0 Å². The van der Waals surface area contributed by atoms with Gasteiger partial charge in [-0.1, -0.05) is 19.9 Å². The normalized spacial score (nSPS) is 10.9. The average molecular weight is 265 g/mol. The number of ether oxygens (including phenoxy) is 1. The standard InChI is InChI=1S/C14H19NO4/c1-14(2,8-12(16)17)9-15-11-6-4-5-10(7-11)13(18)19-3/h4-7,15H,8-9H2,1-3H3,(H,16,17). The Balaban J connectivity index is 2.68. The third-order valence-corrected chi connectivity index (χ3v) is 2.68. The van der Waals surface area contributed by atoms with Crippen molar-refractivity contribution in [3.63, 3.8) is 0 Å². The zero-order valence-corrected chi connectivity index (χ0v) is 11.4. The minimum absolute atomic E-state index is 0.0801. The van der Waals surface area contributed by atoms with Crippen LogP contribution in [0.15, 0.2) is 24.3 Å². The van der Waals surface area contributed by atoms with Crippen molar-refractivity contribution in [3.05, 3.63) is 29.8 Å². The van der Waals surface area contributed by atoms with Crippen LogP contribution in [0.4, 0.5) is 5.69 Å². The predicted molar refractivity (Wildman–Crippen MR) is 72.3 cm³/mol. The van der Waals surface area contributed by atoms with Crippen molar-refractivity contribution < 1.29 is 19.4 Å². The molecule has 0 saturated heterocycles. The number of aliphatic carboxylic acids is 1. The van der Waals surface area contributed by atoms with E-state index >= 15 is 0 Å². The van der Waals surface area contributed by atoms with Gasteiger partial charge in [0.2, 0.25) is 0 Å². The van der Waals surface area contributed by atoms with E-state index in [9.17, 15) is 9.59 Å². The van der Waals surface area contributed by atoms with Crippen LogP contribution in [-0.2, 0) is 9.53 Å². The summed E-state index contributed by atoms with van der Waals surface area (Å²) >= 11 is 0. The Morgan fingerprint density at radius 1 is 1.37 bits per heavy atom. The van der Waals surface area contributed by atoms with E-state index in [-0.39, 0.29) is 11.8 Å². The monoisotopic (exact) mass is 265 g/mol. The molecule has 0 fully saturated rings. The molecule has 0 aliphatic carbocycles. The van der Waals surface area contributed by atoms with Gasteiger partial charge >= 0.3 is 11.9 Å². The molecule has 0 bridgehead atoms. The van der Waals surface area contributed by atoms with Crippen molar-refractivity contribution in [2.24, 2.45) is 5.41 Å². The van der Waals surface area contributed by atoms with Crippen molar-refractivity contribution >= 4 is 17.6 Å². The first-order chi connectivity index (χ1) is 8.84. The molecule has 0 saturated carbocycles. The number of carbonyl (C=O) groups is 2. The van der Waals surface area contributed by atoms with Crippen molar-refractivity contribution in [2.75, 3.05) is 19.0 Å². The number of hydrogen-bond donors (Lipinski definition) is 2. The number of hydrogen-bond acceptors (Lipinski definition) is 4. The fourth-order valence-electron chi connectivity index (χ4n) is 1.69. The molecule has 5 nitrogen and oxygen atoms in total. The van der Waals surface area contributed by atoms with Crippen molar-refractivity contribution in [2.45, 2.75) is 20.3 Å². The van der Waals surface area contributed by atoms with Crippen LogP contribution in [-0.4, -0.2) is 30.7 Å². The average Bonchev–Trinajstić information content (AvgIpc) is 2.34. The van der Waals surface area contributed by atoms with Crippen molar-refractivity contribution in [1.82, 2.24) is 0 Å². The summed E-state index contributed by atoms with van der Waals surface area (Å²) in [7, 11) is 1.33. The first kappa shape index (κ1) is 15.0. The fourth-order valence-corrected chi connectivity index (χ4v) is 1.69. The van der Waals surface area contributed by atoms with Crippen LogP contribution < -0.4 is 5.32 Å². The summed E-state index contributed by atoms with van der Waals surface area (Å²) in [6, 6.07) is 6.92. The first-order valence-corrected chi connectivity index (χ1v) is 5.98. The van der Waals surface area contributed by atoms with E-state index in [0.717, 1.165) is 5.69 Å². The second kappa shape index (κ2) is 6.22. The molecular weight excluding hydrogens is 246 g/mol. The summed E-state index contributed by atoms with van der Waals surface area (Å²) in [5, 5.41) is 11.9. The van der Waals surface area contributed by atoms with Gasteiger partial charge in [0.05, 0.1) is 19.1 Å². The lowest BCUT2D eigenvalue weighted by Crippen LogP contribution is -2.26. The Bertz CT molecular complexity index is 468. The third-order valence-electron chi connectivity index (χ3n) is 2.68. The van der Waals surface area contributed by atoms with Gasteiger partial charge in [-0.2, -0.15) is 0 Å². The lowest BCUT2D eigenvalue weighted by atomic mass is 9.89. The minimum Gasteiger partial charge on any atom is -0.481 e. The quantitative estimate of drug-likeness (QED) is 0.772. The van der Waals surface area contributed by atoms with Crippen molar-refractivity contribution in [3.8, 4) is 0 Å². The lowest BCUT2D eigenvalue weighted by Gasteiger charge is -2.23. The molecule has 0 aromatic heterocycles. The highest BCUT2D eigenvalue weighted by Crippen LogP contribution is 2.21. The summed E-state index contributed by atoms with van der Waals surface area (Å²) in [5.74, 6) is -1.22. The fraction of sp³-hybridized carbons (Fsp3) is 0.429. The lowest BCUT2D eigenvalue weighted by molar-refractivity contribution is -0.139. The number of carboxylic acids is 1. The molecule has 19 heavy (non-hydrogen) atoms. The topological polar surface area (TPSA) is 75.6 Å². The second-order valence-corrected chi connectivity index (χ2v) is 5.16. The molecule has 5 heteroatoms. The smallest absolute Gasteiger partial charge is 0.337 e. The Labute approximate surface area is 112 Å². The molecule has 1 aromatic carbocycles. The van der Waals surface area contributed by atoms with E-state index < -0.39 is 11.9 Å². The second-order valence-electron chi connectivity index (χ2n) is 5.16. The molecule has 1 rings (SSSR count). The molecular formula is C14H19NO4. The largest absolute Gasteiger partial charge is 0.481 e. The van der Waals surface area contributed by atoms with E-state index in [2.05, 4.69) is 10.1 Å². The molecule has 1 aromatic rings. The SMILES string of the molecule is COC(=O)c1cccc(NCC(C)(C)CC(=O)O)c1. The molecule has 0 atom stereocenters. The van der Waals surface area contributed by atoms with Gasteiger partial charge in [-0.25, -0.2) is 4.79 Å². The van der Waals surface area contributed by atoms with E-state index in [1.807, 2.05) is 19.9 Å². The molecule has 0 aliphatic rings. The van der Waals surface area contributed by atoms with Gasteiger partial charge in [0.1, 0.15) is 0 Å². The molecule has 0 spiro atoms. The maximum Gasteiger partial charge on any atom is 0.337 e. The molecule has 0 amide bonds. The number of anilines is 1. The van der Waals surface area contributed by atoms with Crippen LogP contribution in [0.3, 0.4) is 0 Å². The number of methoxy groups -OCH3 is 1. The zero-order chi connectivity index (χ0) is 14.5. The highest BCUT2D eigenvalue weighted by molar-refractivity contribution is 5.90. The summed E-state index contributed by atoms with van der Waals surface area (Å²) in [6.07, 6.45) is 0.0801. The number of benzene rings is 1. The van der Waals surface area contributed by atoms with Gasteiger partial charge in [-0.15, -0.1) is 0 Å². The molecule has 2 N–H and O–H groups in total. The third kappa shape index (κ3) is 4.99. The van der Waals surface area contributed by atoms with E-state index in [1.165, 1.54) is 7.11 Å². The van der Waals surface area contributed by atoms with Gasteiger partial charge in [0.15, 0.2) is 0 Å². The molecule has 0 unspecified atom stereocenters. The van der Waals surface area contributed by atoms with Gasteiger partial charge in [-0.3, -0.25) is 4.79 Å². The van der Waals surface area contributed by atoms with E-state index in [0.29, 0.717) is 12.1 Å². The molecule has 0 heterocycles. The first-order valence-electron chi connectivity index (χ1n) is 5.98. The Morgan fingerprint density at radius 3 is 2.63 bits per heavy atom. The maximum atomic E-state index is 11.4. The Morgan fingerprint density at radius 2 is 2.05 bits per heavy atom. The number of esters is 1. The van der Waals surface area contributed by atoms with Crippen molar-refractivity contribution in [1.29, 1.82) is 0 Å². The number of carbonyl (C=O) groups excluding carboxylic acids is 1. The van der Waals surface area contributed by atoms with Gasteiger partial charge in [0.25, 0.3) is 0 Å². The van der Waals surface area contributed by atoms with Crippen LogP contribution in [0.5, 0.6) is 0 Å². The van der Waals surface area contributed by atoms with Crippen LogP contribution >= 0.6 is 0 Å². The van der Waals surface area contributed by atoms with Crippen LogP contribution in [0.1, 0.15) is 30.6 Å². The number of rotatable bonds is 6. The molecule has 104 valence electrons. The highest BCUT2D eigenvalue weighted by Gasteiger charge is 2.21. The maximum absolute atomic E-state index is 11.4. The van der Waals surface area contributed by atoms with Crippen LogP contribution in [0.2, 0.25) is 0 Å². The Kier molecular flexibility index (Phi) is 4.92. The van der Waals surface area contributed by atoms with Gasteiger partial charge < -0.3 is 15.2 Å². The van der Waals surface area contributed by atoms with Gasteiger partial charge in [0, 0.05) is 12.2 Å². The number of carboxylic acid groups (broad SMARTS) is 1. The summed E-state index contributed by atoms with van der Waals surface area (Å²) in [6.45, 7) is 4.25. The summed E-state index contributed by atoms with van der Waals surface area (Å²) in [5.41, 5.74) is 0.859. The molecule has 0 radical (unpaired) electrons. The summed E-state index contributed by atoms with van der Waals surface area (Å²) < 4.78 is 4.64. The van der Waals surface area contributed by atoms with Gasteiger partial charge in [-0.05, 0) is 23.6 Å². The van der Waals surface area contributed by atoms with E-state index in [1.54, 1.807) is 18.2 Å². The number of nitrogens with one attached hydrogen (secondary N) is 1. The predicted octanol–water partition coefficient (Wildman–Crippen LogP) is 2.39. The zero-order valence-electron chi connectivity index (χ0n) is 11.4. The molecule has 0 aliphatic heterocycles. The minimum atomic E-state index is -0.824.